The molecule has 3 rings (SSSR count). The number of benzene rings is 2. The Labute approximate surface area is 162 Å². The summed E-state index contributed by atoms with van der Waals surface area (Å²) in [7, 11) is 1.51. The number of rotatable bonds is 7. The van der Waals surface area contributed by atoms with E-state index in [-0.39, 0.29) is 6.61 Å². The van der Waals surface area contributed by atoms with Gasteiger partial charge in [0, 0.05) is 16.8 Å². The topological polar surface area (TPSA) is 57.7 Å². The van der Waals surface area contributed by atoms with Gasteiger partial charge in [-0.3, -0.25) is 4.98 Å². The number of methoxy groups -OCH3 is 1. The lowest BCUT2D eigenvalue weighted by atomic mass is 10.2. The minimum absolute atomic E-state index is 0.104. The molecule has 138 valence electrons. The number of esters is 1. The van der Waals surface area contributed by atoms with E-state index in [1.807, 2.05) is 24.3 Å². The smallest absolute Gasteiger partial charge is 0.338 e. The highest BCUT2D eigenvalue weighted by Crippen LogP contribution is 2.30. The van der Waals surface area contributed by atoms with Crippen molar-refractivity contribution in [3.05, 3.63) is 88.7 Å². The number of halogens is 1. The van der Waals surface area contributed by atoms with Crippen molar-refractivity contribution in [1.29, 1.82) is 0 Å². The first-order chi connectivity index (χ1) is 13.2. The van der Waals surface area contributed by atoms with Crippen LogP contribution in [0.15, 0.2) is 66.9 Å². The molecule has 0 aliphatic carbocycles. The second-order valence-electron chi connectivity index (χ2n) is 5.64. The Balaban J connectivity index is 1.66. The quantitative estimate of drug-likeness (QED) is 0.554. The number of nitrogens with zero attached hydrogens (tertiary/aromatic N) is 1. The maximum atomic E-state index is 12.3. The predicted octanol–water partition coefficient (Wildman–Crippen LogP) is 4.68. The first-order valence-electron chi connectivity index (χ1n) is 8.28. The van der Waals surface area contributed by atoms with Crippen LogP contribution in [0.3, 0.4) is 0 Å². The first kappa shape index (κ1) is 18.7. The van der Waals surface area contributed by atoms with E-state index in [1.165, 1.54) is 7.11 Å². The van der Waals surface area contributed by atoms with Gasteiger partial charge >= 0.3 is 5.97 Å². The number of carbonyl (C=O) groups is 1. The maximum absolute atomic E-state index is 12.3. The van der Waals surface area contributed by atoms with Gasteiger partial charge in [-0.05, 0) is 36.4 Å². The number of aromatic nitrogens is 1. The number of hydrogen-bond acceptors (Lipinski definition) is 5. The summed E-state index contributed by atoms with van der Waals surface area (Å²) in [6.45, 7) is 0.395. The number of ether oxygens (including phenoxy) is 3. The molecule has 0 unspecified atom stereocenters. The van der Waals surface area contributed by atoms with E-state index in [4.69, 9.17) is 25.8 Å². The molecule has 0 aliphatic rings. The van der Waals surface area contributed by atoms with Crippen LogP contribution in [0, 0.1) is 0 Å². The van der Waals surface area contributed by atoms with Crippen molar-refractivity contribution in [2.75, 3.05) is 7.11 Å². The Morgan fingerprint density at radius 3 is 2.56 bits per heavy atom. The zero-order valence-electron chi connectivity index (χ0n) is 14.7. The highest BCUT2D eigenvalue weighted by Gasteiger charge is 2.13. The summed E-state index contributed by atoms with van der Waals surface area (Å²) in [5.74, 6) is 0.490. The molecule has 0 amide bonds. The van der Waals surface area contributed by atoms with E-state index in [0.29, 0.717) is 34.4 Å². The average molecular weight is 384 g/mol. The molecule has 0 radical (unpaired) electrons. The van der Waals surface area contributed by atoms with Crippen molar-refractivity contribution in [3.8, 4) is 11.5 Å². The highest BCUT2D eigenvalue weighted by atomic mass is 35.5. The maximum Gasteiger partial charge on any atom is 0.338 e. The Morgan fingerprint density at radius 2 is 1.81 bits per heavy atom. The summed E-state index contributed by atoms with van der Waals surface area (Å²) >= 11 is 6.14. The van der Waals surface area contributed by atoms with Gasteiger partial charge in [0.25, 0.3) is 0 Å². The van der Waals surface area contributed by atoms with Gasteiger partial charge in [-0.15, -0.1) is 0 Å². The third-order valence-electron chi connectivity index (χ3n) is 3.82. The van der Waals surface area contributed by atoms with Crippen molar-refractivity contribution in [2.45, 2.75) is 13.2 Å². The standard InChI is InChI=1S/C21H18ClNO4/c1-25-20-12-15(21(24)27-14-17-7-4-5-11-23-17)9-10-19(20)26-13-16-6-2-3-8-18(16)22/h2-12H,13-14H2,1H3. The molecule has 0 atom stereocenters. The summed E-state index contributed by atoms with van der Waals surface area (Å²) in [5, 5.41) is 0.631. The summed E-state index contributed by atoms with van der Waals surface area (Å²) in [6, 6.07) is 17.8. The number of pyridine rings is 1. The van der Waals surface area contributed by atoms with Crippen molar-refractivity contribution in [2.24, 2.45) is 0 Å². The normalized spacial score (nSPS) is 10.3. The third kappa shape index (κ3) is 4.99. The molecule has 0 N–H and O–H groups in total. The minimum atomic E-state index is -0.461. The largest absolute Gasteiger partial charge is 0.493 e. The highest BCUT2D eigenvalue weighted by molar-refractivity contribution is 6.31. The molecule has 0 spiro atoms. The van der Waals surface area contributed by atoms with E-state index in [0.717, 1.165) is 5.56 Å². The molecule has 0 bridgehead atoms. The van der Waals surface area contributed by atoms with Crippen LogP contribution in [-0.2, 0) is 18.0 Å². The second kappa shape index (κ2) is 9.05. The van der Waals surface area contributed by atoms with Crippen LogP contribution in [0.2, 0.25) is 5.02 Å². The molecule has 6 heteroatoms. The molecule has 0 saturated carbocycles. The first-order valence-corrected chi connectivity index (χ1v) is 8.66. The predicted molar refractivity (Wildman–Crippen MR) is 102 cm³/mol. The van der Waals surface area contributed by atoms with Crippen LogP contribution in [0.1, 0.15) is 21.6 Å². The van der Waals surface area contributed by atoms with E-state index in [9.17, 15) is 4.79 Å². The average Bonchev–Trinajstić information content (AvgIpc) is 2.72. The van der Waals surface area contributed by atoms with Crippen molar-refractivity contribution >= 4 is 17.6 Å². The van der Waals surface area contributed by atoms with E-state index in [1.54, 1.807) is 42.6 Å². The lowest BCUT2D eigenvalue weighted by Gasteiger charge is -2.13. The summed E-state index contributed by atoms with van der Waals surface area (Å²) < 4.78 is 16.4. The van der Waals surface area contributed by atoms with E-state index in [2.05, 4.69) is 4.98 Å². The lowest BCUT2D eigenvalue weighted by molar-refractivity contribution is 0.0467. The Hall–Kier alpha value is -3.05. The van der Waals surface area contributed by atoms with E-state index >= 15 is 0 Å². The van der Waals surface area contributed by atoms with Gasteiger partial charge in [-0.1, -0.05) is 35.9 Å². The molecule has 0 aliphatic heterocycles. The monoisotopic (exact) mass is 383 g/mol. The SMILES string of the molecule is COc1cc(C(=O)OCc2ccccn2)ccc1OCc1ccccc1Cl. The number of carbonyl (C=O) groups excluding carboxylic acids is 1. The Bertz CT molecular complexity index is 915. The van der Waals surface area contributed by atoms with E-state index < -0.39 is 5.97 Å². The molecular weight excluding hydrogens is 366 g/mol. The molecule has 3 aromatic rings. The Kier molecular flexibility index (Phi) is 6.28. The zero-order valence-corrected chi connectivity index (χ0v) is 15.5. The molecule has 1 heterocycles. The summed E-state index contributed by atoms with van der Waals surface area (Å²) in [4.78, 5) is 16.4. The Morgan fingerprint density at radius 1 is 1.00 bits per heavy atom. The third-order valence-corrected chi connectivity index (χ3v) is 4.19. The van der Waals surface area contributed by atoms with Crippen molar-refractivity contribution in [1.82, 2.24) is 4.98 Å². The second-order valence-corrected chi connectivity index (χ2v) is 6.05. The zero-order chi connectivity index (χ0) is 19.1. The number of hydrogen-bond donors (Lipinski definition) is 0. The fraction of sp³-hybridized carbons (Fsp3) is 0.143. The van der Waals surface area contributed by atoms with Crippen molar-refractivity contribution < 1.29 is 19.0 Å². The molecule has 5 nitrogen and oxygen atoms in total. The van der Waals surface area contributed by atoms with Gasteiger partial charge in [-0.25, -0.2) is 4.79 Å². The van der Waals surface area contributed by atoms with Gasteiger partial charge in [0.15, 0.2) is 11.5 Å². The van der Waals surface area contributed by atoms with Gasteiger partial charge in [0.05, 0.1) is 18.4 Å². The van der Waals surface area contributed by atoms with Crippen LogP contribution < -0.4 is 9.47 Å². The lowest BCUT2D eigenvalue weighted by Crippen LogP contribution is -2.07. The van der Waals surface area contributed by atoms with Crippen LogP contribution in [0.25, 0.3) is 0 Å². The molecule has 27 heavy (non-hydrogen) atoms. The van der Waals surface area contributed by atoms with Crippen molar-refractivity contribution in [3.63, 3.8) is 0 Å². The molecule has 1 aromatic heterocycles. The molecule has 0 saturated heterocycles. The summed E-state index contributed by atoms with van der Waals surface area (Å²) in [6.07, 6.45) is 1.65. The van der Waals surface area contributed by atoms with Crippen LogP contribution in [-0.4, -0.2) is 18.1 Å². The van der Waals surface area contributed by atoms with Crippen LogP contribution in [0.5, 0.6) is 11.5 Å². The van der Waals surface area contributed by atoms with Gasteiger partial charge in [-0.2, -0.15) is 0 Å². The van der Waals surface area contributed by atoms with Crippen LogP contribution in [0.4, 0.5) is 0 Å². The fourth-order valence-corrected chi connectivity index (χ4v) is 2.58. The van der Waals surface area contributed by atoms with Gasteiger partial charge < -0.3 is 14.2 Å². The molecular formula is C21H18ClNO4. The summed E-state index contributed by atoms with van der Waals surface area (Å²) in [5.41, 5.74) is 1.91. The van der Waals surface area contributed by atoms with Gasteiger partial charge in [0.2, 0.25) is 0 Å². The molecule has 0 fully saturated rings. The minimum Gasteiger partial charge on any atom is -0.493 e. The van der Waals surface area contributed by atoms with Crippen LogP contribution >= 0.6 is 11.6 Å². The van der Waals surface area contributed by atoms with Gasteiger partial charge in [0.1, 0.15) is 13.2 Å². The molecule has 2 aromatic carbocycles. The fourth-order valence-electron chi connectivity index (χ4n) is 2.39.